The molecule has 1 aliphatic rings. The van der Waals surface area contributed by atoms with Crippen molar-refractivity contribution in [2.75, 3.05) is 6.54 Å². The molecule has 1 heteroatoms. The molecule has 1 fully saturated rings. The topological polar surface area (TPSA) is 3.24 Å². The Labute approximate surface area is 77.1 Å². The van der Waals surface area contributed by atoms with Crippen molar-refractivity contribution in [1.82, 2.24) is 4.90 Å². The predicted octanol–water partition coefficient (Wildman–Crippen LogP) is 2.91. The lowest BCUT2D eigenvalue weighted by molar-refractivity contribution is 0.0957. The molecule has 0 aromatic carbocycles. The Morgan fingerprint density at radius 2 is 1.83 bits per heavy atom. The maximum Gasteiger partial charge on any atom is 0.0128 e. The van der Waals surface area contributed by atoms with Gasteiger partial charge in [-0.3, -0.25) is 4.90 Å². The smallest absolute Gasteiger partial charge is 0.0128 e. The summed E-state index contributed by atoms with van der Waals surface area (Å²) in [7, 11) is 0. The van der Waals surface area contributed by atoms with Crippen molar-refractivity contribution in [2.45, 2.75) is 59.0 Å². The SMILES string of the molecule is CC(C)[C@@H]1CCCN1C(C)(C)C. The molecule has 1 atom stereocenters. The average Bonchev–Trinajstić information content (AvgIpc) is 2.30. The largest absolute Gasteiger partial charge is 0.295 e. The van der Waals surface area contributed by atoms with E-state index in [1.807, 2.05) is 0 Å². The van der Waals surface area contributed by atoms with E-state index in [9.17, 15) is 0 Å². The summed E-state index contributed by atoms with van der Waals surface area (Å²) < 4.78 is 0. The number of likely N-dealkylation sites (tertiary alicyclic amines) is 1. The van der Waals surface area contributed by atoms with E-state index in [1.54, 1.807) is 0 Å². The molecule has 0 unspecified atom stereocenters. The lowest BCUT2D eigenvalue weighted by Gasteiger charge is -2.38. The highest BCUT2D eigenvalue weighted by atomic mass is 15.2. The molecular weight excluding hydrogens is 146 g/mol. The van der Waals surface area contributed by atoms with Gasteiger partial charge in [-0.05, 0) is 46.1 Å². The third-order valence-electron chi connectivity index (χ3n) is 2.93. The highest BCUT2D eigenvalue weighted by Gasteiger charge is 2.33. The highest BCUT2D eigenvalue weighted by molar-refractivity contribution is 4.89. The Bertz CT molecular complexity index is 144. The van der Waals surface area contributed by atoms with E-state index in [0.29, 0.717) is 5.54 Å². The van der Waals surface area contributed by atoms with Crippen molar-refractivity contribution < 1.29 is 0 Å². The van der Waals surface area contributed by atoms with Gasteiger partial charge >= 0.3 is 0 Å². The third-order valence-corrected chi connectivity index (χ3v) is 2.93. The molecular formula is C11H23N. The van der Waals surface area contributed by atoms with Gasteiger partial charge in [-0.25, -0.2) is 0 Å². The minimum Gasteiger partial charge on any atom is -0.295 e. The summed E-state index contributed by atoms with van der Waals surface area (Å²) in [5.41, 5.74) is 0.367. The normalized spacial score (nSPS) is 27.0. The van der Waals surface area contributed by atoms with Crippen LogP contribution < -0.4 is 0 Å². The first-order valence-corrected chi connectivity index (χ1v) is 5.19. The van der Waals surface area contributed by atoms with E-state index in [1.165, 1.54) is 19.4 Å². The summed E-state index contributed by atoms with van der Waals surface area (Å²) >= 11 is 0. The van der Waals surface area contributed by atoms with E-state index in [-0.39, 0.29) is 0 Å². The van der Waals surface area contributed by atoms with Crippen LogP contribution in [0.5, 0.6) is 0 Å². The van der Waals surface area contributed by atoms with Crippen molar-refractivity contribution in [1.29, 1.82) is 0 Å². The Kier molecular flexibility index (Phi) is 2.82. The van der Waals surface area contributed by atoms with E-state index in [0.717, 1.165) is 12.0 Å². The number of rotatable bonds is 1. The van der Waals surface area contributed by atoms with Crippen LogP contribution in [-0.2, 0) is 0 Å². The molecule has 1 aliphatic heterocycles. The van der Waals surface area contributed by atoms with Gasteiger partial charge in [0.2, 0.25) is 0 Å². The van der Waals surface area contributed by atoms with E-state index < -0.39 is 0 Å². The van der Waals surface area contributed by atoms with Crippen molar-refractivity contribution in [3.05, 3.63) is 0 Å². The Morgan fingerprint density at radius 1 is 1.25 bits per heavy atom. The van der Waals surface area contributed by atoms with Gasteiger partial charge in [-0.1, -0.05) is 13.8 Å². The highest BCUT2D eigenvalue weighted by Crippen LogP contribution is 2.30. The monoisotopic (exact) mass is 169 g/mol. The molecule has 1 rings (SSSR count). The molecule has 0 amide bonds. The summed E-state index contributed by atoms with van der Waals surface area (Å²) in [6.45, 7) is 13.0. The Balaban J connectivity index is 2.64. The molecule has 12 heavy (non-hydrogen) atoms. The molecule has 1 heterocycles. The van der Waals surface area contributed by atoms with Gasteiger partial charge in [0.05, 0.1) is 0 Å². The number of nitrogens with zero attached hydrogens (tertiary/aromatic N) is 1. The fraction of sp³-hybridized carbons (Fsp3) is 1.00. The van der Waals surface area contributed by atoms with Crippen LogP contribution in [-0.4, -0.2) is 23.0 Å². The van der Waals surface area contributed by atoms with Crippen LogP contribution in [0, 0.1) is 5.92 Å². The molecule has 0 N–H and O–H groups in total. The molecule has 0 aromatic rings. The third kappa shape index (κ3) is 2.01. The maximum absolute atomic E-state index is 2.66. The second-order valence-corrected chi connectivity index (χ2v) is 5.32. The minimum absolute atomic E-state index is 0.367. The fourth-order valence-corrected chi connectivity index (χ4v) is 2.32. The summed E-state index contributed by atoms with van der Waals surface area (Å²) in [5, 5.41) is 0. The van der Waals surface area contributed by atoms with Gasteiger partial charge in [0.15, 0.2) is 0 Å². The summed E-state index contributed by atoms with van der Waals surface area (Å²) in [6.07, 6.45) is 2.79. The lowest BCUT2D eigenvalue weighted by Crippen LogP contribution is -2.46. The second-order valence-electron chi connectivity index (χ2n) is 5.32. The standard InChI is InChI=1S/C11H23N/c1-9(2)10-7-6-8-12(10)11(3,4)5/h9-10H,6-8H2,1-5H3/t10-/m0/s1. The molecule has 0 bridgehead atoms. The van der Waals surface area contributed by atoms with Gasteiger partial charge < -0.3 is 0 Å². The average molecular weight is 169 g/mol. The molecule has 0 saturated carbocycles. The van der Waals surface area contributed by atoms with Gasteiger partial charge in [0, 0.05) is 11.6 Å². The summed E-state index contributed by atoms with van der Waals surface area (Å²) in [5.74, 6) is 0.812. The predicted molar refractivity (Wildman–Crippen MR) is 54.3 cm³/mol. The van der Waals surface area contributed by atoms with Crippen LogP contribution in [0.4, 0.5) is 0 Å². The molecule has 0 aliphatic carbocycles. The Morgan fingerprint density at radius 3 is 2.17 bits per heavy atom. The van der Waals surface area contributed by atoms with Crippen LogP contribution in [0.15, 0.2) is 0 Å². The molecule has 1 saturated heterocycles. The van der Waals surface area contributed by atoms with Gasteiger partial charge in [0.25, 0.3) is 0 Å². The summed E-state index contributed by atoms with van der Waals surface area (Å²) in [4.78, 5) is 2.66. The first-order valence-electron chi connectivity index (χ1n) is 5.19. The molecule has 0 radical (unpaired) electrons. The Hall–Kier alpha value is -0.0400. The van der Waals surface area contributed by atoms with E-state index in [2.05, 4.69) is 39.5 Å². The first-order chi connectivity index (χ1) is 5.43. The van der Waals surface area contributed by atoms with Gasteiger partial charge in [-0.15, -0.1) is 0 Å². The van der Waals surface area contributed by atoms with Crippen molar-refractivity contribution in [3.63, 3.8) is 0 Å². The molecule has 0 aromatic heterocycles. The second kappa shape index (κ2) is 3.37. The quantitative estimate of drug-likeness (QED) is 0.583. The molecule has 1 nitrogen and oxygen atoms in total. The first kappa shape index (κ1) is 10.0. The van der Waals surface area contributed by atoms with Crippen LogP contribution >= 0.6 is 0 Å². The number of hydrogen-bond donors (Lipinski definition) is 0. The van der Waals surface area contributed by atoms with Crippen LogP contribution in [0.1, 0.15) is 47.5 Å². The van der Waals surface area contributed by atoms with Crippen molar-refractivity contribution in [2.24, 2.45) is 5.92 Å². The van der Waals surface area contributed by atoms with Crippen molar-refractivity contribution >= 4 is 0 Å². The zero-order chi connectivity index (χ0) is 9.35. The van der Waals surface area contributed by atoms with Crippen molar-refractivity contribution in [3.8, 4) is 0 Å². The molecule has 0 spiro atoms. The zero-order valence-electron chi connectivity index (χ0n) is 9.22. The minimum atomic E-state index is 0.367. The van der Waals surface area contributed by atoms with E-state index in [4.69, 9.17) is 0 Å². The van der Waals surface area contributed by atoms with Crippen LogP contribution in [0.3, 0.4) is 0 Å². The number of hydrogen-bond acceptors (Lipinski definition) is 1. The molecule has 72 valence electrons. The van der Waals surface area contributed by atoms with Gasteiger partial charge in [0.1, 0.15) is 0 Å². The zero-order valence-corrected chi connectivity index (χ0v) is 9.22. The summed E-state index contributed by atoms with van der Waals surface area (Å²) in [6, 6.07) is 0.824. The van der Waals surface area contributed by atoms with Gasteiger partial charge in [-0.2, -0.15) is 0 Å². The van der Waals surface area contributed by atoms with Crippen LogP contribution in [0.2, 0.25) is 0 Å². The van der Waals surface area contributed by atoms with E-state index >= 15 is 0 Å². The maximum atomic E-state index is 2.66. The lowest BCUT2D eigenvalue weighted by atomic mass is 9.97. The fourth-order valence-electron chi connectivity index (χ4n) is 2.32. The van der Waals surface area contributed by atoms with Crippen LogP contribution in [0.25, 0.3) is 0 Å².